The average Bonchev–Trinajstić information content (AvgIpc) is 3.69. The van der Waals surface area contributed by atoms with Crippen molar-refractivity contribution in [2.45, 2.75) is 63.7 Å². The molecule has 4 amide bonds. The molecular weight excluding hydrogens is 701 g/mol. The van der Waals surface area contributed by atoms with Gasteiger partial charge < -0.3 is 20.0 Å². The Balaban J connectivity index is 0.899. The summed E-state index contributed by atoms with van der Waals surface area (Å²) in [5, 5.41) is 10.5. The van der Waals surface area contributed by atoms with Crippen LogP contribution in [0.25, 0.3) is 0 Å². The standard InChI is InChI=1S/C32H36IN9O4/c33-32-35-16-23(17-36-32)39-10-6-21(7-11-39)30(45)40-12-8-22(9-13-40)42-18-20(15-37-42)14-34-26-3-1-2-24-25(26)19-41(31(24)46)27-4-5-28(43)38-29(27)44/h1-3,15-18,21-22,27,34H,4-14,19H2,(H,38,43,44). The number of piperidine rings is 3. The Labute approximate surface area is 280 Å². The van der Waals surface area contributed by atoms with E-state index in [1.54, 1.807) is 11.0 Å². The molecule has 3 saturated heterocycles. The fraction of sp³-hybridized carbons (Fsp3) is 0.469. The zero-order valence-electron chi connectivity index (χ0n) is 25.4. The molecule has 7 rings (SSSR count). The van der Waals surface area contributed by atoms with Crippen molar-refractivity contribution in [3.8, 4) is 0 Å². The molecule has 0 bridgehead atoms. The number of hydrogen-bond acceptors (Lipinski definition) is 9. The van der Waals surface area contributed by atoms with Crippen LogP contribution in [0.15, 0.2) is 43.0 Å². The first-order valence-corrected chi connectivity index (χ1v) is 17.0. The molecule has 46 heavy (non-hydrogen) atoms. The summed E-state index contributed by atoms with van der Waals surface area (Å²) in [5.74, 6) is -0.565. The van der Waals surface area contributed by atoms with Gasteiger partial charge in [-0.25, -0.2) is 9.97 Å². The summed E-state index contributed by atoms with van der Waals surface area (Å²) in [6, 6.07) is 5.16. The number of rotatable bonds is 7. The molecule has 14 heteroatoms. The number of halogens is 1. The molecule has 3 fully saturated rings. The second-order valence-electron chi connectivity index (χ2n) is 12.4. The first kappa shape index (κ1) is 30.6. The van der Waals surface area contributed by atoms with Crippen molar-refractivity contribution < 1.29 is 19.2 Å². The van der Waals surface area contributed by atoms with E-state index in [1.807, 2.05) is 40.3 Å². The first-order valence-electron chi connectivity index (χ1n) is 15.9. The maximum absolute atomic E-state index is 13.3. The third-order valence-electron chi connectivity index (χ3n) is 9.69. The van der Waals surface area contributed by atoms with Gasteiger partial charge in [0, 0.05) is 103 Å². The van der Waals surface area contributed by atoms with E-state index in [4.69, 9.17) is 0 Å². The number of hydrogen-bond donors (Lipinski definition) is 2. The average molecular weight is 738 g/mol. The Morgan fingerprint density at radius 3 is 2.48 bits per heavy atom. The van der Waals surface area contributed by atoms with Gasteiger partial charge in [-0.2, -0.15) is 5.10 Å². The summed E-state index contributed by atoms with van der Waals surface area (Å²) in [5.41, 5.74) is 4.32. The minimum atomic E-state index is -0.641. The highest BCUT2D eigenvalue weighted by molar-refractivity contribution is 14.1. The van der Waals surface area contributed by atoms with Crippen LogP contribution < -0.4 is 15.5 Å². The molecule has 0 aliphatic carbocycles. The highest BCUT2D eigenvalue weighted by atomic mass is 127. The topological polar surface area (TPSA) is 146 Å². The molecule has 0 radical (unpaired) electrons. The first-order chi connectivity index (χ1) is 22.3. The summed E-state index contributed by atoms with van der Waals surface area (Å²) in [7, 11) is 0. The van der Waals surface area contributed by atoms with E-state index < -0.39 is 11.9 Å². The largest absolute Gasteiger partial charge is 0.381 e. The Bertz CT molecular complexity index is 1650. The molecule has 13 nitrogen and oxygen atoms in total. The van der Waals surface area contributed by atoms with Crippen molar-refractivity contribution in [1.29, 1.82) is 0 Å². The molecule has 1 unspecified atom stereocenters. The molecule has 4 aliphatic rings. The van der Waals surface area contributed by atoms with Crippen molar-refractivity contribution in [2.24, 2.45) is 5.92 Å². The van der Waals surface area contributed by atoms with Crippen LogP contribution in [-0.4, -0.2) is 85.4 Å². The predicted molar refractivity (Wildman–Crippen MR) is 177 cm³/mol. The van der Waals surface area contributed by atoms with Gasteiger partial charge in [-0.05, 0) is 44.2 Å². The highest BCUT2D eigenvalue weighted by Gasteiger charge is 2.40. The van der Waals surface area contributed by atoms with Crippen LogP contribution >= 0.6 is 22.6 Å². The molecule has 2 N–H and O–H groups in total. The minimum Gasteiger partial charge on any atom is -0.381 e. The summed E-state index contributed by atoms with van der Waals surface area (Å²) in [4.78, 5) is 65.0. The molecular formula is C32H36IN9O4. The van der Waals surface area contributed by atoms with Gasteiger partial charge in [-0.3, -0.25) is 29.2 Å². The lowest BCUT2D eigenvalue weighted by molar-refractivity contribution is -0.138. The molecule has 6 heterocycles. The van der Waals surface area contributed by atoms with Crippen LogP contribution in [0.2, 0.25) is 0 Å². The Kier molecular flexibility index (Phi) is 8.62. The van der Waals surface area contributed by atoms with Crippen molar-refractivity contribution >= 4 is 57.6 Å². The molecule has 0 spiro atoms. The number of anilines is 2. The van der Waals surface area contributed by atoms with Crippen molar-refractivity contribution in [1.82, 2.24) is 34.9 Å². The van der Waals surface area contributed by atoms with Crippen molar-refractivity contribution in [3.05, 3.63) is 63.5 Å². The number of benzene rings is 1. The van der Waals surface area contributed by atoms with Gasteiger partial charge in [-0.1, -0.05) is 6.07 Å². The Morgan fingerprint density at radius 1 is 0.978 bits per heavy atom. The smallest absolute Gasteiger partial charge is 0.255 e. The Morgan fingerprint density at radius 2 is 1.74 bits per heavy atom. The van der Waals surface area contributed by atoms with E-state index in [-0.39, 0.29) is 36.1 Å². The fourth-order valence-electron chi connectivity index (χ4n) is 7.08. The second-order valence-corrected chi connectivity index (χ2v) is 13.4. The van der Waals surface area contributed by atoms with Crippen LogP contribution in [0.1, 0.15) is 66.1 Å². The van der Waals surface area contributed by atoms with Crippen LogP contribution in [0.5, 0.6) is 0 Å². The number of amides is 4. The third kappa shape index (κ3) is 6.18. The summed E-state index contributed by atoms with van der Waals surface area (Å²) < 4.78 is 2.75. The third-order valence-corrected chi connectivity index (χ3v) is 10.2. The van der Waals surface area contributed by atoms with E-state index in [0.29, 0.717) is 25.1 Å². The number of carbonyl (C=O) groups is 4. The predicted octanol–water partition coefficient (Wildman–Crippen LogP) is 2.73. The molecule has 1 atom stereocenters. The fourth-order valence-corrected chi connectivity index (χ4v) is 7.36. The maximum atomic E-state index is 13.3. The molecule has 0 saturated carbocycles. The highest BCUT2D eigenvalue weighted by Crippen LogP contribution is 2.33. The van der Waals surface area contributed by atoms with E-state index in [2.05, 4.69) is 59.4 Å². The van der Waals surface area contributed by atoms with Crippen LogP contribution in [0.3, 0.4) is 0 Å². The van der Waals surface area contributed by atoms with Gasteiger partial charge in [0.25, 0.3) is 5.91 Å². The van der Waals surface area contributed by atoms with Crippen molar-refractivity contribution in [3.63, 3.8) is 0 Å². The molecule has 4 aliphatic heterocycles. The molecule has 1 aromatic carbocycles. The quantitative estimate of drug-likeness (QED) is 0.213. The number of nitrogens with one attached hydrogen (secondary N) is 2. The van der Waals surface area contributed by atoms with Gasteiger partial charge in [-0.15, -0.1) is 0 Å². The van der Waals surface area contributed by atoms with E-state index >= 15 is 0 Å². The number of imide groups is 1. The van der Waals surface area contributed by atoms with Gasteiger partial charge in [0.1, 0.15) is 6.04 Å². The second kappa shape index (κ2) is 13.0. The lowest BCUT2D eigenvalue weighted by Gasteiger charge is -2.37. The van der Waals surface area contributed by atoms with Crippen molar-refractivity contribution in [2.75, 3.05) is 36.4 Å². The molecule has 3 aromatic rings. The Hall–Kier alpha value is -4.08. The zero-order chi connectivity index (χ0) is 31.8. The number of fused-ring (bicyclic) bond motifs is 1. The van der Waals surface area contributed by atoms with Crippen LogP contribution in [0.4, 0.5) is 11.4 Å². The van der Waals surface area contributed by atoms with Crippen LogP contribution in [0, 0.1) is 9.75 Å². The summed E-state index contributed by atoms with van der Waals surface area (Å²) in [6.45, 7) is 3.99. The summed E-state index contributed by atoms with van der Waals surface area (Å²) in [6.07, 6.45) is 11.6. The zero-order valence-corrected chi connectivity index (χ0v) is 27.6. The maximum Gasteiger partial charge on any atom is 0.255 e. The van der Waals surface area contributed by atoms with Crippen LogP contribution in [-0.2, 0) is 27.5 Å². The lowest BCUT2D eigenvalue weighted by atomic mass is 9.93. The lowest BCUT2D eigenvalue weighted by Crippen LogP contribution is -2.52. The molecule has 2 aromatic heterocycles. The molecule has 240 valence electrons. The van der Waals surface area contributed by atoms with E-state index in [1.165, 1.54) is 0 Å². The van der Waals surface area contributed by atoms with E-state index in [0.717, 1.165) is 78.2 Å². The SMILES string of the molecule is O=C1CCC(N2Cc3c(NCc4cnn(C5CCN(C(=O)C6CCN(c7cnc(I)nc7)CC6)CC5)c4)cccc3C2=O)C(=O)N1. The monoisotopic (exact) mass is 737 g/mol. The van der Waals surface area contributed by atoms with Gasteiger partial charge >= 0.3 is 0 Å². The number of likely N-dealkylation sites (tertiary alicyclic amines) is 1. The minimum absolute atomic E-state index is 0.0609. The number of aromatic nitrogens is 4. The number of nitrogens with zero attached hydrogens (tertiary/aromatic N) is 7. The normalized spacial score (nSPS) is 21.0. The van der Waals surface area contributed by atoms with Gasteiger partial charge in [0.2, 0.25) is 17.7 Å². The van der Waals surface area contributed by atoms with Gasteiger partial charge in [0.05, 0.1) is 30.3 Å². The summed E-state index contributed by atoms with van der Waals surface area (Å²) >= 11 is 2.10. The number of carbonyl (C=O) groups excluding carboxylic acids is 4. The van der Waals surface area contributed by atoms with Gasteiger partial charge in [0.15, 0.2) is 3.83 Å². The van der Waals surface area contributed by atoms with E-state index in [9.17, 15) is 19.2 Å².